The zero-order valence-corrected chi connectivity index (χ0v) is 17.7. The number of rotatable bonds is 7. The number of carbonyl (C=O) groups excluding carboxylic acids is 2. The molecule has 0 aliphatic heterocycles. The molecule has 8 heteroatoms. The van der Waals surface area contributed by atoms with Gasteiger partial charge >= 0.3 is 5.63 Å². The number of carboxylic acids is 1. The second kappa shape index (κ2) is 9.30. The molecule has 1 amide bonds. The molecule has 0 unspecified atom stereocenters. The van der Waals surface area contributed by atoms with E-state index in [2.05, 4.69) is 5.32 Å². The molecule has 0 spiro atoms. The minimum absolute atomic E-state index is 0.172. The molecule has 4 rings (SSSR count). The normalized spacial score (nSPS) is 18.4. The van der Waals surface area contributed by atoms with Gasteiger partial charge in [-0.25, -0.2) is 4.79 Å². The van der Waals surface area contributed by atoms with E-state index < -0.39 is 11.6 Å². The van der Waals surface area contributed by atoms with E-state index in [4.69, 9.17) is 13.9 Å². The summed E-state index contributed by atoms with van der Waals surface area (Å²) in [6, 6.07) is 10.3. The number of fused-ring (bicyclic) bond motifs is 3. The smallest absolute Gasteiger partial charge is 0.344 e. The monoisotopic (exact) mass is 438 g/mol. The van der Waals surface area contributed by atoms with Crippen LogP contribution < -0.4 is 25.5 Å². The summed E-state index contributed by atoms with van der Waals surface area (Å²) in [5.41, 5.74) is -0.107. The Bertz CT molecular complexity index is 1210. The lowest BCUT2D eigenvalue weighted by molar-refractivity contribution is -0.312. The lowest BCUT2D eigenvalue weighted by atomic mass is 9.82. The van der Waals surface area contributed by atoms with Gasteiger partial charge in [0.15, 0.2) is 6.61 Å². The van der Waals surface area contributed by atoms with E-state index in [1.54, 1.807) is 30.3 Å². The van der Waals surface area contributed by atoms with Crippen LogP contribution in [-0.4, -0.2) is 32.1 Å². The van der Waals surface area contributed by atoms with Gasteiger partial charge in [-0.15, -0.1) is 0 Å². The SMILES string of the molecule is COc1ccc2c(c1)c(=O)oc1cc(OCC(=O)NCC3CCC(C(=O)[O-])CC3)ccc12. The average Bonchev–Trinajstić information content (AvgIpc) is 2.81. The summed E-state index contributed by atoms with van der Waals surface area (Å²) in [5.74, 6) is -0.381. The maximum atomic E-state index is 12.4. The first kappa shape index (κ1) is 21.7. The number of ether oxygens (including phenoxy) is 2. The number of carbonyl (C=O) groups is 2. The molecule has 0 radical (unpaired) electrons. The maximum absolute atomic E-state index is 12.4. The quantitative estimate of drug-likeness (QED) is 0.443. The minimum atomic E-state index is -0.986. The van der Waals surface area contributed by atoms with Gasteiger partial charge in [-0.1, -0.05) is 0 Å². The second-order valence-corrected chi connectivity index (χ2v) is 8.09. The van der Waals surface area contributed by atoms with Gasteiger partial charge in [-0.2, -0.15) is 0 Å². The summed E-state index contributed by atoms with van der Waals surface area (Å²) in [6.07, 6.45) is 2.68. The number of carboxylic acid groups (broad SMARTS) is 1. The fraction of sp³-hybridized carbons (Fsp3) is 0.375. The van der Waals surface area contributed by atoms with Crippen LogP contribution >= 0.6 is 0 Å². The van der Waals surface area contributed by atoms with Crippen LogP contribution in [0, 0.1) is 11.8 Å². The van der Waals surface area contributed by atoms with Crippen molar-refractivity contribution in [3.05, 3.63) is 46.8 Å². The van der Waals surface area contributed by atoms with E-state index in [0.29, 0.717) is 41.9 Å². The van der Waals surface area contributed by atoms with E-state index in [1.807, 2.05) is 6.07 Å². The standard InChI is InChI=1S/C24H25NO7/c1-30-16-6-8-18-19-9-7-17(11-21(19)32-24(29)20(18)10-16)31-13-22(26)25-12-14-2-4-15(5-3-14)23(27)28/h6-11,14-15H,2-5,12-13H2,1H3,(H,25,26)(H,27,28)/p-1. The molecule has 3 aromatic rings. The van der Waals surface area contributed by atoms with E-state index >= 15 is 0 Å². The lowest BCUT2D eigenvalue weighted by Gasteiger charge is -2.29. The third-order valence-corrected chi connectivity index (χ3v) is 6.03. The van der Waals surface area contributed by atoms with Crippen molar-refractivity contribution in [2.24, 2.45) is 11.8 Å². The highest BCUT2D eigenvalue weighted by atomic mass is 16.5. The Balaban J connectivity index is 1.36. The van der Waals surface area contributed by atoms with Crippen molar-refractivity contribution in [2.45, 2.75) is 25.7 Å². The fourth-order valence-corrected chi connectivity index (χ4v) is 4.17. The highest BCUT2D eigenvalue weighted by Crippen LogP contribution is 2.29. The van der Waals surface area contributed by atoms with E-state index in [1.165, 1.54) is 7.11 Å². The molecule has 1 N–H and O–H groups in total. The summed E-state index contributed by atoms with van der Waals surface area (Å²) < 4.78 is 16.2. The summed E-state index contributed by atoms with van der Waals surface area (Å²) in [4.78, 5) is 35.4. The molecule has 0 saturated heterocycles. The number of methoxy groups -OCH3 is 1. The zero-order valence-electron chi connectivity index (χ0n) is 17.7. The number of hydrogen-bond donors (Lipinski definition) is 1. The average molecular weight is 438 g/mol. The first-order valence-corrected chi connectivity index (χ1v) is 10.6. The molecule has 1 heterocycles. The van der Waals surface area contributed by atoms with Gasteiger partial charge in [0.05, 0.1) is 12.5 Å². The summed E-state index contributed by atoms with van der Waals surface area (Å²) in [7, 11) is 1.53. The zero-order chi connectivity index (χ0) is 22.7. The van der Waals surface area contributed by atoms with Crippen molar-refractivity contribution in [3.63, 3.8) is 0 Å². The van der Waals surface area contributed by atoms with Crippen LogP contribution in [0.3, 0.4) is 0 Å². The van der Waals surface area contributed by atoms with Gasteiger partial charge in [0, 0.05) is 29.4 Å². The Labute approximate surface area is 184 Å². The molecule has 2 aromatic carbocycles. The van der Waals surface area contributed by atoms with Crippen molar-refractivity contribution < 1.29 is 28.6 Å². The Morgan fingerprint density at radius 2 is 1.75 bits per heavy atom. The van der Waals surface area contributed by atoms with Crippen LogP contribution in [-0.2, 0) is 9.59 Å². The Kier molecular flexibility index (Phi) is 6.30. The summed E-state index contributed by atoms with van der Waals surface area (Å²) >= 11 is 0. The van der Waals surface area contributed by atoms with Gasteiger partial charge < -0.3 is 29.1 Å². The maximum Gasteiger partial charge on any atom is 0.344 e. The molecule has 1 saturated carbocycles. The molecule has 1 aliphatic rings. The van der Waals surface area contributed by atoms with Gasteiger partial charge in [-0.3, -0.25) is 4.79 Å². The second-order valence-electron chi connectivity index (χ2n) is 8.09. The third kappa shape index (κ3) is 4.69. The van der Waals surface area contributed by atoms with E-state index in [9.17, 15) is 19.5 Å². The van der Waals surface area contributed by atoms with Crippen molar-refractivity contribution >= 4 is 33.6 Å². The number of nitrogens with one attached hydrogen (secondary N) is 1. The van der Waals surface area contributed by atoms with Crippen LogP contribution in [0.25, 0.3) is 21.7 Å². The molecule has 32 heavy (non-hydrogen) atoms. The van der Waals surface area contributed by atoms with Gasteiger partial charge in [-0.05, 0) is 67.9 Å². The molecule has 0 bridgehead atoms. The van der Waals surface area contributed by atoms with E-state index in [0.717, 1.165) is 23.6 Å². The Hall–Kier alpha value is -3.55. The van der Waals surface area contributed by atoms with Crippen LogP contribution in [0.1, 0.15) is 25.7 Å². The highest BCUT2D eigenvalue weighted by Gasteiger charge is 2.22. The minimum Gasteiger partial charge on any atom is -0.550 e. The Morgan fingerprint density at radius 1 is 1.03 bits per heavy atom. The van der Waals surface area contributed by atoms with Crippen molar-refractivity contribution in [2.75, 3.05) is 20.3 Å². The summed E-state index contributed by atoms with van der Waals surface area (Å²) in [6.45, 7) is 0.318. The number of aliphatic carboxylic acids is 1. The molecule has 1 aromatic heterocycles. The molecule has 8 nitrogen and oxygen atoms in total. The largest absolute Gasteiger partial charge is 0.550 e. The van der Waals surface area contributed by atoms with Gasteiger partial charge in [0.1, 0.15) is 17.1 Å². The first-order chi connectivity index (χ1) is 15.4. The van der Waals surface area contributed by atoms with Crippen LogP contribution in [0.4, 0.5) is 0 Å². The highest BCUT2D eigenvalue weighted by molar-refractivity contribution is 6.04. The molecule has 0 atom stereocenters. The number of hydrogen-bond acceptors (Lipinski definition) is 7. The Morgan fingerprint density at radius 3 is 2.47 bits per heavy atom. The van der Waals surface area contributed by atoms with Crippen molar-refractivity contribution in [3.8, 4) is 11.5 Å². The van der Waals surface area contributed by atoms with E-state index in [-0.39, 0.29) is 24.3 Å². The third-order valence-electron chi connectivity index (χ3n) is 6.03. The molecule has 1 fully saturated rings. The van der Waals surface area contributed by atoms with Crippen LogP contribution in [0.2, 0.25) is 0 Å². The molecule has 1 aliphatic carbocycles. The first-order valence-electron chi connectivity index (χ1n) is 10.6. The number of benzene rings is 2. The predicted octanol–water partition coefficient (Wildman–Crippen LogP) is 2.01. The molecule has 168 valence electrons. The summed E-state index contributed by atoms with van der Waals surface area (Å²) in [5, 5.41) is 15.7. The van der Waals surface area contributed by atoms with Crippen molar-refractivity contribution in [1.82, 2.24) is 5.32 Å². The topological polar surface area (TPSA) is 118 Å². The fourth-order valence-electron chi connectivity index (χ4n) is 4.17. The van der Waals surface area contributed by atoms with Gasteiger partial charge in [0.25, 0.3) is 5.91 Å². The van der Waals surface area contributed by atoms with Gasteiger partial charge in [0.2, 0.25) is 0 Å². The lowest BCUT2D eigenvalue weighted by Crippen LogP contribution is -2.37. The molecular formula is C24H24NO7-. The van der Waals surface area contributed by atoms with Crippen LogP contribution in [0.5, 0.6) is 11.5 Å². The molecular weight excluding hydrogens is 414 g/mol. The van der Waals surface area contributed by atoms with Crippen LogP contribution in [0.15, 0.2) is 45.6 Å². The number of amides is 1. The predicted molar refractivity (Wildman–Crippen MR) is 116 cm³/mol. The van der Waals surface area contributed by atoms with Crippen molar-refractivity contribution in [1.29, 1.82) is 0 Å².